The standard InChI is InChI=1S/C29H36N2O6/c1-3-18-37-24-10-6-21(7-11-24)26-25(27(32)22-8-12-23(13-9-22)36-4-2)28(33)29(34)31(26)15-5-14-30-16-19-35-20-17-30/h6-13,26,32H,3-5,14-20H2,1-2H3. The lowest BCUT2D eigenvalue weighted by molar-refractivity contribution is -0.908. The Morgan fingerprint density at radius 1 is 1.00 bits per heavy atom. The summed E-state index contributed by atoms with van der Waals surface area (Å²) in [5.74, 6) is -0.428. The molecule has 2 fully saturated rings. The summed E-state index contributed by atoms with van der Waals surface area (Å²) in [6.07, 6.45) is 1.62. The minimum absolute atomic E-state index is 0.00453. The van der Waals surface area contributed by atoms with Gasteiger partial charge in [0.1, 0.15) is 24.6 Å². The highest BCUT2D eigenvalue weighted by Gasteiger charge is 2.44. The van der Waals surface area contributed by atoms with E-state index in [1.807, 2.05) is 38.1 Å². The number of nitrogens with one attached hydrogen (secondary N) is 1. The number of quaternary nitrogens is 1. The zero-order valence-electron chi connectivity index (χ0n) is 21.7. The normalized spacial score (nSPS) is 19.8. The van der Waals surface area contributed by atoms with Gasteiger partial charge in [-0.2, -0.15) is 0 Å². The smallest absolute Gasteiger partial charge is 0.295 e. The van der Waals surface area contributed by atoms with Crippen molar-refractivity contribution in [1.82, 2.24) is 4.90 Å². The minimum atomic E-state index is -0.737. The van der Waals surface area contributed by atoms with E-state index in [9.17, 15) is 14.7 Å². The van der Waals surface area contributed by atoms with Crippen LogP contribution in [0.4, 0.5) is 0 Å². The average molecular weight is 509 g/mol. The fourth-order valence-electron chi connectivity index (χ4n) is 4.85. The summed E-state index contributed by atoms with van der Waals surface area (Å²) in [7, 11) is 0. The number of hydrogen-bond acceptors (Lipinski definition) is 6. The first kappa shape index (κ1) is 26.7. The van der Waals surface area contributed by atoms with Crippen molar-refractivity contribution >= 4 is 17.4 Å². The number of amides is 1. The van der Waals surface area contributed by atoms with Crippen LogP contribution in [0, 0.1) is 0 Å². The van der Waals surface area contributed by atoms with Gasteiger partial charge in [-0.1, -0.05) is 36.9 Å². The van der Waals surface area contributed by atoms with Gasteiger partial charge in [0.2, 0.25) is 5.78 Å². The molecule has 37 heavy (non-hydrogen) atoms. The van der Waals surface area contributed by atoms with Crippen LogP contribution in [0.3, 0.4) is 0 Å². The topological polar surface area (TPSA) is 92.6 Å². The number of Topliss-reactive ketones (excluding diaryl/α,β-unsaturated/α-hetero) is 1. The number of rotatable bonds is 11. The maximum atomic E-state index is 13.6. The largest absolute Gasteiger partial charge is 0.872 e. The molecule has 2 aliphatic heterocycles. The third-order valence-electron chi connectivity index (χ3n) is 6.75. The molecule has 8 heteroatoms. The monoisotopic (exact) mass is 508 g/mol. The maximum Gasteiger partial charge on any atom is 0.295 e. The molecule has 0 aliphatic carbocycles. The van der Waals surface area contributed by atoms with Crippen molar-refractivity contribution in [3.05, 3.63) is 65.2 Å². The molecule has 2 saturated heterocycles. The van der Waals surface area contributed by atoms with E-state index < -0.39 is 23.5 Å². The highest BCUT2D eigenvalue weighted by atomic mass is 16.5. The number of benzene rings is 2. The molecule has 0 radical (unpaired) electrons. The second kappa shape index (κ2) is 12.7. The molecule has 4 rings (SSSR count). The summed E-state index contributed by atoms with van der Waals surface area (Å²) in [5, 5.41) is 13.6. The quantitative estimate of drug-likeness (QED) is 0.280. The maximum absolute atomic E-state index is 13.6. The predicted octanol–water partition coefficient (Wildman–Crippen LogP) is 1.40. The Morgan fingerprint density at radius 3 is 2.30 bits per heavy atom. The van der Waals surface area contributed by atoms with Crippen LogP contribution in [0.2, 0.25) is 0 Å². The Morgan fingerprint density at radius 2 is 1.65 bits per heavy atom. The van der Waals surface area contributed by atoms with Gasteiger partial charge < -0.3 is 29.1 Å². The van der Waals surface area contributed by atoms with Gasteiger partial charge in [0.25, 0.3) is 5.91 Å². The second-order valence-corrected chi connectivity index (χ2v) is 9.31. The number of carbonyl (C=O) groups is 2. The lowest BCUT2D eigenvalue weighted by atomic mass is 9.95. The lowest BCUT2D eigenvalue weighted by Crippen LogP contribution is -3.14. The second-order valence-electron chi connectivity index (χ2n) is 9.31. The van der Waals surface area contributed by atoms with Gasteiger partial charge in [0.05, 0.1) is 39.0 Å². The first-order valence-electron chi connectivity index (χ1n) is 13.2. The van der Waals surface area contributed by atoms with Crippen LogP contribution in [0.25, 0.3) is 5.76 Å². The highest BCUT2D eigenvalue weighted by Crippen LogP contribution is 2.39. The van der Waals surface area contributed by atoms with Crippen LogP contribution in [0.15, 0.2) is 54.1 Å². The van der Waals surface area contributed by atoms with Crippen molar-refractivity contribution in [2.45, 2.75) is 32.7 Å². The molecule has 8 nitrogen and oxygen atoms in total. The van der Waals surface area contributed by atoms with E-state index in [2.05, 4.69) is 0 Å². The molecule has 1 atom stereocenters. The van der Waals surface area contributed by atoms with Crippen molar-refractivity contribution < 1.29 is 33.8 Å². The van der Waals surface area contributed by atoms with Crippen molar-refractivity contribution in [1.29, 1.82) is 0 Å². The van der Waals surface area contributed by atoms with Crippen molar-refractivity contribution in [2.24, 2.45) is 0 Å². The Balaban J connectivity index is 1.64. The Labute approximate surface area is 218 Å². The van der Waals surface area contributed by atoms with Gasteiger partial charge in [-0.25, -0.2) is 0 Å². The zero-order chi connectivity index (χ0) is 26.2. The van der Waals surface area contributed by atoms with E-state index in [0.29, 0.717) is 36.8 Å². The van der Waals surface area contributed by atoms with E-state index in [1.165, 1.54) is 4.90 Å². The van der Waals surface area contributed by atoms with Crippen LogP contribution in [-0.2, 0) is 14.3 Å². The summed E-state index contributed by atoms with van der Waals surface area (Å²) in [4.78, 5) is 29.4. The van der Waals surface area contributed by atoms with Crippen molar-refractivity contribution in [3.8, 4) is 11.5 Å². The van der Waals surface area contributed by atoms with E-state index in [4.69, 9.17) is 14.2 Å². The van der Waals surface area contributed by atoms with E-state index >= 15 is 0 Å². The SMILES string of the molecule is CCCOc1ccc(C2C(=C([O-])c3ccc(OCC)cc3)C(=O)C(=O)N2CCC[NH+]2CCOCC2)cc1. The van der Waals surface area contributed by atoms with Gasteiger partial charge in [-0.3, -0.25) is 9.59 Å². The lowest BCUT2D eigenvalue weighted by Gasteiger charge is -2.29. The first-order valence-corrected chi connectivity index (χ1v) is 13.2. The number of ether oxygens (including phenoxy) is 3. The van der Waals surface area contributed by atoms with Crippen LogP contribution in [-0.4, -0.2) is 69.2 Å². The summed E-state index contributed by atoms with van der Waals surface area (Å²) in [5.41, 5.74) is 1.07. The number of carbonyl (C=O) groups excluding carboxylic acids is 2. The van der Waals surface area contributed by atoms with E-state index in [-0.39, 0.29) is 5.57 Å². The number of ketones is 1. The van der Waals surface area contributed by atoms with Gasteiger partial charge in [-0.15, -0.1) is 0 Å². The molecule has 1 amide bonds. The Bertz CT molecular complexity index is 1090. The zero-order valence-corrected chi connectivity index (χ0v) is 21.7. The fourth-order valence-corrected chi connectivity index (χ4v) is 4.85. The average Bonchev–Trinajstić information content (AvgIpc) is 3.18. The molecular weight excluding hydrogens is 472 g/mol. The van der Waals surface area contributed by atoms with Gasteiger partial charge in [0.15, 0.2) is 0 Å². The van der Waals surface area contributed by atoms with Crippen LogP contribution >= 0.6 is 0 Å². The molecule has 1 unspecified atom stereocenters. The number of nitrogens with zero attached hydrogens (tertiary/aromatic N) is 1. The van der Waals surface area contributed by atoms with Gasteiger partial charge in [-0.05, 0) is 48.7 Å². The van der Waals surface area contributed by atoms with Crippen LogP contribution in [0.1, 0.15) is 43.9 Å². The molecule has 0 aromatic heterocycles. The minimum Gasteiger partial charge on any atom is -0.872 e. The van der Waals surface area contributed by atoms with Crippen LogP contribution < -0.4 is 19.5 Å². The summed E-state index contributed by atoms with van der Waals surface area (Å²) >= 11 is 0. The molecule has 2 heterocycles. The first-order chi connectivity index (χ1) is 18.0. The predicted molar refractivity (Wildman–Crippen MR) is 137 cm³/mol. The molecule has 0 saturated carbocycles. The summed E-state index contributed by atoms with van der Waals surface area (Å²) < 4.78 is 16.6. The molecular formula is C29H36N2O6. The third kappa shape index (κ3) is 6.32. The highest BCUT2D eigenvalue weighted by molar-refractivity contribution is 6.46. The number of likely N-dealkylation sites (tertiary alicyclic amines) is 1. The van der Waals surface area contributed by atoms with E-state index in [1.54, 1.807) is 29.2 Å². The van der Waals surface area contributed by atoms with Crippen LogP contribution in [0.5, 0.6) is 11.5 Å². The molecule has 2 aromatic carbocycles. The molecule has 198 valence electrons. The molecule has 2 aliphatic rings. The Kier molecular flexibility index (Phi) is 9.19. The Hall–Kier alpha value is -3.36. The molecule has 2 aromatic rings. The summed E-state index contributed by atoms with van der Waals surface area (Å²) in [6, 6.07) is 13.3. The summed E-state index contributed by atoms with van der Waals surface area (Å²) in [6.45, 7) is 9.65. The number of morpholine rings is 1. The van der Waals surface area contributed by atoms with Gasteiger partial charge >= 0.3 is 0 Å². The van der Waals surface area contributed by atoms with Crippen molar-refractivity contribution in [3.63, 3.8) is 0 Å². The van der Waals surface area contributed by atoms with E-state index in [0.717, 1.165) is 51.3 Å². The van der Waals surface area contributed by atoms with Gasteiger partial charge in [0, 0.05) is 18.5 Å². The fraction of sp³-hybridized carbons (Fsp3) is 0.448. The third-order valence-corrected chi connectivity index (χ3v) is 6.75. The molecule has 0 spiro atoms. The molecule has 1 N–H and O–H groups in total. The number of hydrogen-bond donors (Lipinski definition) is 1. The van der Waals surface area contributed by atoms with Crippen molar-refractivity contribution in [2.75, 3.05) is 52.6 Å². The molecule has 0 bridgehead atoms.